The van der Waals surface area contributed by atoms with E-state index in [-0.39, 0.29) is 0 Å². The van der Waals surface area contributed by atoms with Crippen molar-refractivity contribution in [3.63, 3.8) is 0 Å². The van der Waals surface area contributed by atoms with Crippen molar-refractivity contribution in [2.75, 3.05) is 7.05 Å². The minimum Gasteiger partial charge on any atom is -0.480 e. The summed E-state index contributed by atoms with van der Waals surface area (Å²) in [5.74, 6) is -1.27. The molecule has 0 unspecified atom stereocenters. The lowest BCUT2D eigenvalue weighted by atomic mass is 10.4. The number of carbonyl (C=O) groups is 1. The van der Waals surface area contributed by atoms with Crippen molar-refractivity contribution in [2.45, 2.75) is 13.0 Å². The van der Waals surface area contributed by atoms with E-state index in [1.54, 1.807) is 0 Å². The molecule has 11 heavy (non-hydrogen) atoms. The average molecular weight is 183 g/mol. The molecule has 0 saturated carbocycles. The molecule has 0 spiro atoms. The van der Waals surface area contributed by atoms with Crippen LogP contribution in [0.15, 0.2) is 0 Å². The third-order valence-electron chi connectivity index (χ3n) is 1.33. The molecule has 0 aliphatic heterocycles. The summed E-state index contributed by atoms with van der Waals surface area (Å²) in [6.45, 7) is 1.20. The highest BCUT2D eigenvalue weighted by atomic mass is 31.2. The molecule has 0 aliphatic carbocycles. The first kappa shape index (κ1) is 10.6. The lowest BCUT2D eigenvalue weighted by Gasteiger charge is -2.21. The molecule has 0 aromatic heterocycles. The van der Waals surface area contributed by atoms with E-state index in [2.05, 4.69) is 0 Å². The summed E-state index contributed by atoms with van der Waals surface area (Å²) in [7, 11) is -3.36. The molecule has 7 heteroatoms. The minimum atomic E-state index is -4.41. The summed E-state index contributed by atoms with van der Waals surface area (Å²) < 4.78 is 10.9. The Morgan fingerprint density at radius 3 is 2.00 bits per heavy atom. The second-order valence-electron chi connectivity index (χ2n) is 2.10. The predicted octanol–water partition coefficient (Wildman–Crippen LogP) is -0.516. The van der Waals surface area contributed by atoms with E-state index >= 15 is 0 Å². The molecule has 0 amide bonds. The molecule has 0 bridgehead atoms. The Balaban J connectivity index is 4.38. The molecule has 66 valence electrons. The second-order valence-corrected chi connectivity index (χ2v) is 3.76. The van der Waals surface area contributed by atoms with Crippen LogP contribution in [0, 0.1) is 0 Å². The summed E-state index contributed by atoms with van der Waals surface area (Å²) in [4.78, 5) is 27.2. The molecule has 0 saturated heterocycles. The lowest BCUT2D eigenvalue weighted by molar-refractivity contribution is -0.140. The van der Waals surface area contributed by atoms with Crippen LogP contribution >= 0.6 is 7.75 Å². The largest absolute Gasteiger partial charge is 0.480 e. The Bertz CT molecular complexity index is 199. The van der Waals surface area contributed by atoms with Crippen molar-refractivity contribution in [3.05, 3.63) is 0 Å². The number of carboxylic acid groups (broad SMARTS) is 1. The molecule has 0 fully saturated rings. The zero-order valence-corrected chi connectivity index (χ0v) is 7.02. The van der Waals surface area contributed by atoms with Crippen LogP contribution in [-0.4, -0.2) is 38.6 Å². The standard InChI is InChI=1S/C4H10NO5P/c1-3(4(6)7)5(2)11(8,9)10/h3H,1-2H3,(H,6,7)(H2,8,9,10)/t3-/m0/s1. The molecule has 3 N–H and O–H groups in total. The van der Waals surface area contributed by atoms with Gasteiger partial charge in [-0.25, -0.2) is 4.57 Å². The van der Waals surface area contributed by atoms with Gasteiger partial charge in [0.1, 0.15) is 6.04 Å². The van der Waals surface area contributed by atoms with Gasteiger partial charge in [0.15, 0.2) is 0 Å². The quantitative estimate of drug-likeness (QED) is 0.509. The highest BCUT2D eigenvalue weighted by molar-refractivity contribution is 7.49. The summed E-state index contributed by atoms with van der Waals surface area (Å²) >= 11 is 0. The lowest BCUT2D eigenvalue weighted by Crippen LogP contribution is -2.33. The van der Waals surface area contributed by atoms with Gasteiger partial charge in [-0.05, 0) is 14.0 Å². The van der Waals surface area contributed by atoms with Crippen molar-refractivity contribution in [1.29, 1.82) is 0 Å². The molecule has 0 aliphatic rings. The normalized spacial score (nSPS) is 15.0. The average Bonchev–Trinajstić information content (AvgIpc) is 1.82. The number of carboxylic acids is 1. The summed E-state index contributed by atoms with van der Waals surface area (Å²) in [6, 6.07) is -1.18. The van der Waals surface area contributed by atoms with E-state index in [0.717, 1.165) is 7.05 Å². The summed E-state index contributed by atoms with van der Waals surface area (Å²) in [5, 5.41) is 8.33. The van der Waals surface area contributed by atoms with Gasteiger partial charge in [0, 0.05) is 0 Å². The van der Waals surface area contributed by atoms with E-state index in [4.69, 9.17) is 14.9 Å². The minimum absolute atomic E-state index is 0.495. The van der Waals surface area contributed by atoms with Gasteiger partial charge < -0.3 is 14.9 Å². The van der Waals surface area contributed by atoms with E-state index in [1.165, 1.54) is 6.92 Å². The highest BCUT2D eigenvalue weighted by Gasteiger charge is 2.29. The first-order chi connectivity index (χ1) is 4.76. The van der Waals surface area contributed by atoms with Gasteiger partial charge in [0.25, 0.3) is 0 Å². The number of hydrogen-bond donors (Lipinski definition) is 3. The molecule has 0 rings (SSSR count). The van der Waals surface area contributed by atoms with Gasteiger partial charge in [-0.2, -0.15) is 4.67 Å². The number of likely N-dealkylation sites (N-methyl/N-ethyl adjacent to an activating group) is 1. The maximum atomic E-state index is 10.4. The second kappa shape index (κ2) is 3.32. The third-order valence-corrected chi connectivity index (χ3v) is 2.50. The third kappa shape index (κ3) is 2.98. The molecular formula is C4H10NO5P. The highest BCUT2D eigenvalue weighted by Crippen LogP contribution is 2.39. The van der Waals surface area contributed by atoms with Crippen LogP contribution in [-0.2, 0) is 9.36 Å². The Morgan fingerprint density at radius 2 is 1.91 bits per heavy atom. The van der Waals surface area contributed by atoms with E-state index in [9.17, 15) is 9.36 Å². The Morgan fingerprint density at radius 1 is 1.55 bits per heavy atom. The van der Waals surface area contributed by atoms with Crippen LogP contribution in [0.5, 0.6) is 0 Å². The Labute approximate surface area is 63.7 Å². The van der Waals surface area contributed by atoms with Crippen molar-refractivity contribution < 1.29 is 24.3 Å². The summed E-state index contributed by atoms with van der Waals surface area (Å²) in [6.07, 6.45) is 0. The first-order valence-corrected chi connectivity index (χ1v) is 4.35. The van der Waals surface area contributed by atoms with Gasteiger partial charge in [-0.1, -0.05) is 0 Å². The number of aliphatic carboxylic acids is 1. The van der Waals surface area contributed by atoms with E-state index < -0.39 is 19.8 Å². The van der Waals surface area contributed by atoms with Crippen LogP contribution in [0.1, 0.15) is 6.92 Å². The molecule has 0 aromatic rings. The fraction of sp³-hybridized carbons (Fsp3) is 0.750. The SMILES string of the molecule is C[C@@H](C(=O)O)N(C)P(=O)(O)O. The smallest absolute Gasteiger partial charge is 0.403 e. The van der Waals surface area contributed by atoms with Crippen LogP contribution in [0.25, 0.3) is 0 Å². The van der Waals surface area contributed by atoms with Crippen molar-refractivity contribution in [2.24, 2.45) is 0 Å². The van der Waals surface area contributed by atoms with Crippen LogP contribution in [0.2, 0.25) is 0 Å². The van der Waals surface area contributed by atoms with Gasteiger partial charge in [-0.3, -0.25) is 4.79 Å². The number of hydrogen-bond acceptors (Lipinski definition) is 2. The van der Waals surface area contributed by atoms with Crippen molar-refractivity contribution in [3.8, 4) is 0 Å². The van der Waals surface area contributed by atoms with E-state index in [1.807, 2.05) is 0 Å². The van der Waals surface area contributed by atoms with Gasteiger partial charge in [-0.15, -0.1) is 0 Å². The monoisotopic (exact) mass is 183 g/mol. The topological polar surface area (TPSA) is 98.1 Å². The Kier molecular flexibility index (Phi) is 3.19. The molecule has 0 radical (unpaired) electrons. The van der Waals surface area contributed by atoms with Crippen molar-refractivity contribution in [1.82, 2.24) is 4.67 Å². The fourth-order valence-corrected chi connectivity index (χ4v) is 0.936. The molecular weight excluding hydrogens is 173 g/mol. The Hall–Kier alpha value is -0.420. The maximum absolute atomic E-state index is 10.4. The molecule has 0 heterocycles. The summed E-state index contributed by atoms with van der Waals surface area (Å²) in [5.41, 5.74) is 0. The molecule has 6 nitrogen and oxygen atoms in total. The maximum Gasteiger partial charge on any atom is 0.403 e. The zero-order chi connectivity index (χ0) is 9.23. The van der Waals surface area contributed by atoms with Crippen LogP contribution in [0.3, 0.4) is 0 Å². The van der Waals surface area contributed by atoms with Crippen LogP contribution in [0.4, 0.5) is 0 Å². The predicted molar refractivity (Wildman–Crippen MR) is 36.9 cm³/mol. The fourth-order valence-electron chi connectivity index (χ4n) is 0.385. The van der Waals surface area contributed by atoms with Crippen LogP contribution < -0.4 is 0 Å². The molecule has 0 aromatic carbocycles. The van der Waals surface area contributed by atoms with Gasteiger partial charge in [0.05, 0.1) is 0 Å². The zero-order valence-electron chi connectivity index (χ0n) is 6.13. The number of nitrogens with zero attached hydrogens (tertiary/aromatic N) is 1. The van der Waals surface area contributed by atoms with Gasteiger partial charge in [0.2, 0.25) is 0 Å². The van der Waals surface area contributed by atoms with E-state index in [0.29, 0.717) is 4.67 Å². The molecule has 1 atom stereocenters. The number of rotatable bonds is 3. The first-order valence-electron chi connectivity index (χ1n) is 2.78. The van der Waals surface area contributed by atoms with Crippen molar-refractivity contribution >= 4 is 13.7 Å². The van der Waals surface area contributed by atoms with Gasteiger partial charge >= 0.3 is 13.7 Å².